The van der Waals surface area contributed by atoms with Crippen molar-refractivity contribution in [3.63, 3.8) is 0 Å². The highest BCUT2D eigenvalue weighted by Gasteiger charge is 2.12. The van der Waals surface area contributed by atoms with Crippen molar-refractivity contribution in [2.24, 2.45) is 0 Å². The zero-order valence-corrected chi connectivity index (χ0v) is 9.56. The molecule has 0 aromatic heterocycles. The first-order chi connectivity index (χ1) is 8.72. The van der Waals surface area contributed by atoms with Crippen molar-refractivity contribution in [2.45, 2.75) is 6.61 Å². The summed E-state index contributed by atoms with van der Waals surface area (Å²) in [6.07, 6.45) is 0. The molecule has 4 heteroatoms. The summed E-state index contributed by atoms with van der Waals surface area (Å²) in [5.41, 5.74) is 1.04. The van der Waals surface area contributed by atoms with Gasteiger partial charge >= 0.3 is 0 Å². The molecule has 0 bridgehead atoms. The van der Waals surface area contributed by atoms with E-state index in [2.05, 4.69) is 5.32 Å². The number of carbonyl (C=O) groups is 1. The van der Waals surface area contributed by atoms with Crippen LogP contribution in [0.25, 0.3) is 0 Å². The Bertz CT molecular complexity index is 569. The zero-order chi connectivity index (χ0) is 13.0. The van der Waals surface area contributed by atoms with Gasteiger partial charge in [-0.15, -0.1) is 0 Å². The molecule has 0 aliphatic carbocycles. The lowest BCUT2D eigenvalue weighted by molar-refractivity contribution is 0.102. The van der Waals surface area contributed by atoms with Crippen molar-refractivity contribution >= 4 is 11.6 Å². The van der Waals surface area contributed by atoms with E-state index in [1.165, 1.54) is 18.2 Å². The maximum atomic E-state index is 13.4. The van der Waals surface area contributed by atoms with Crippen molar-refractivity contribution in [3.05, 3.63) is 65.5 Å². The summed E-state index contributed by atoms with van der Waals surface area (Å²) in [7, 11) is 0. The second kappa shape index (κ2) is 5.42. The normalized spacial score (nSPS) is 10.1. The van der Waals surface area contributed by atoms with Gasteiger partial charge in [-0.3, -0.25) is 4.79 Å². The van der Waals surface area contributed by atoms with Crippen LogP contribution in [-0.2, 0) is 6.61 Å². The number of aliphatic hydroxyl groups is 1. The lowest BCUT2D eigenvalue weighted by Gasteiger charge is -2.09. The molecular formula is C14H12FNO2. The molecule has 2 rings (SSSR count). The average molecular weight is 245 g/mol. The number of carbonyl (C=O) groups excluding carboxylic acids is 1. The Balaban J connectivity index is 2.24. The summed E-state index contributed by atoms with van der Waals surface area (Å²) in [5.74, 6) is -1.11. The van der Waals surface area contributed by atoms with Crippen LogP contribution in [0.1, 0.15) is 15.9 Å². The number of rotatable bonds is 3. The highest BCUT2D eigenvalue weighted by molar-refractivity contribution is 6.04. The number of nitrogens with one attached hydrogen (secondary N) is 1. The fourth-order valence-electron chi connectivity index (χ4n) is 1.62. The molecule has 92 valence electrons. The minimum atomic E-state index is -0.573. The number of para-hydroxylation sites is 1. The Morgan fingerprint density at radius 1 is 1.11 bits per heavy atom. The molecule has 0 atom stereocenters. The Labute approximate surface area is 104 Å². The maximum absolute atomic E-state index is 13.4. The van der Waals surface area contributed by atoms with Gasteiger partial charge in [0.2, 0.25) is 0 Å². The van der Waals surface area contributed by atoms with Gasteiger partial charge < -0.3 is 10.4 Å². The minimum absolute atomic E-state index is 0.0229. The van der Waals surface area contributed by atoms with Crippen LogP contribution in [0.4, 0.5) is 10.1 Å². The van der Waals surface area contributed by atoms with Gasteiger partial charge in [0, 0.05) is 11.3 Å². The molecule has 0 heterocycles. The number of hydrogen-bond acceptors (Lipinski definition) is 2. The number of anilines is 1. The predicted octanol–water partition coefficient (Wildman–Crippen LogP) is 2.57. The fourth-order valence-corrected chi connectivity index (χ4v) is 1.62. The van der Waals surface area contributed by atoms with Gasteiger partial charge in [0.05, 0.1) is 12.2 Å². The lowest BCUT2D eigenvalue weighted by atomic mass is 10.1. The Hall–Kier alpha value is -2.20. The monoisotopic (exact) mass is 245 g/mol. The maximum Gasteiger partial charge on any atom is 0.258 e. The van der Waals surface area contributed by atoms with E-state index < -0.39 is 11.7 Å². The van der Waals surface area contributed by atoms with E-state index in [-0.39, 0.29) is 12.2 Å². The van der Waals surface area contributed by atoms with Crippen LogP contribution in [0.5, 0.6) is 0 Å². The van der Waals surface area contributed by atoms with Crippen molar-refractivity contribution in [1.82, 2.24) is 0 Å². The fraction of sp³-hybridized carbons (Fsp3) is 0.0714. The van der Waals surface area contributed by atoms with Crippen molar-refractivity contribution in [2.75, 3.05) is 5.32 Å². The summed E-state index contributed by atoms with van der Waals surface area (Å²) in [4.78, 5) is 11.9. The van der Waals surface area contributed by atoms with Crippen LogP contribution >= 0.6 is 0 Å². The third-order valence-electron chi connectivity index (χ3n) is 2.55. The van der Waals surface area contributed by atoms with E-state index >= 15 is 0 Å². The highest BCUT2D eigenvalue weighted by Crippen LogP contribution is 2.16. The molecule has 2 aromatic carbocycles. The second-order valence-corrected chi connectivity index (χ2v) is 3.75. The molecule has 2 N–H and O–H groups in total. The number of amides is 1. The van der Waals surface area contributed by atoms with Crippen molar-refractivity contribution < 1.29 is 14.3 Å². The molecule has 2 aromatic rings. The molecule has 0 aliphatic heterocycles. The Kier molecular flexibility index (Phi) is 3.69. The summed E-state index contributed by atoms with van der Waals surface area (Å²) in [5, 5.41) is 11.7. The van der Waals surface area contributed by atoms with E-state index in [0.29, 0.717) is 11.3 Å². The topological polar surface area (TPSA) is 49.3 Å². The van der Waals surface area contributed by atoms with Gasteiger partial charge in [-0.05, 0) is 18.2 Å². The first kappa shape index (κ1) is 12.3. The van der Waals surface area contributed by atoms with Crippen molar-refractivity contribution in [3.8, 4) is 0 Å². The summed E-state index contributed by atoms with van der Waals surface area (Å²) < 4.78 is 13.4. The molecule has 0 fully saturated rings. The van der Waals surface area contributed by atoms with E-state index in [1.807, 2.05) is 0 Å². The molecule has 3 nitrogen and oxygen atoms in total. The van der Waals surface area contributed by atoms with Crippen LogP contribution < -0.4 is 5.32 Å². The Morgan fingerprint density at radius 2 is 1.78 bits per heavy atom. The minimum Gasteiger partial charge on any atom is -0.392 e. The molecule has 0 unspecified atom stereocenters. The van der Waals surface area contributed by atoms with Crippen molar-refractivity contribution in [1.29, 1.82) is 0 Å². The van der Waals surface area contributed by atoms with Gasteiger partial charge in [-0.25, -0.2) is 4.39 Å². The molecule has 0 radical (unpaired) electrons. The van der Waals surface area contributed by atoms with Crippen LogP contribution in [0, 0.1) is 5.82 Å². The summed E-state index contributed by atoms with van der Waals surface area (Å²) in [6, 6.07) is 12.6. The number of aliphatic hydroxyl groups excluding tert-OH is 1. The van der Waals surface area contributed by atoms with Crippen LogP contribution in [0.2, 0.25) is 0 Å². The van der Waals surface area contributed by atoms with E-state index in [4.69, 9.17) is 5.11 Å². The van der Waals surface area contributed by atoms with E-state index in [1.54, 1.807) is 30.3 Å². The second-order valence-electron chi connectivity index (χ2n) is 3.75. The smallest absolute Gasteiger partial charge is 0.258 e. The lowest BCUT2D eigenvalue weighted by Crippen LogP contribution is -2.14. The molecule has 0 saturated heterocycles. The van der Waals surface area contributed by atoms with Gasteiger partial charge in [-0.1, -0.05) is 30.3 Å². The molecule has 0 spiro atoms. The SMILES string of the molecule is O=C(Nc1ccccc1CO)c1ccccc1F. The average Bonchev–Trinajstić information content (AvgIpc) is 2.39. The van der Waals surface area contributed by atoms with Gasteiger partial charge in [-0.2, -0.15) is 0 Å². The first-order valence-corrected chi connectivity index (χ1v) is 5.47. The van der Waals surface area contributed by atoms with Crippen LogP contribution in [-0.4, -0.2) is 11.0 Å². The quantitative estimate of drug-likeness (QED) is 0.873. The molecule has 0 aliphatic rings. The van der Waals surface area contributed by atoms with Gasteiger partial charge in [0.15, 0.2) is 0 Å². The zero-order valence-electron chi connectivity index (χ0n) is 9.56. The van der Waals surface area contributed by atoms with E-state index in [0.717, 1.165) is 0 Å². The molecule has 0 saturated carbocycles. The predicted molar refractivity (Wildman–Crippen MR) is 66.7 cm³/mol. The third kappa shape index (κ3) is 2.55. The Morgan fingerprint density at radius 3 is 2.50 bits per heavy atom. The molecule has 18 heavy (non-hydrogen) atoms. The van der Waals surface area contributed by atoms with Gasteiger partial charge in [0.25, 0.3) is 5.91 Å². The molecular weight excluding hydrogens is 233 g/mol. The third-order valence-corrected chi connectivity index (χ3v) is 2.55. The largest absolute Gasteiger partial charge is 0.392 e. The standard InChI is InChI=1S/C14H12FNO2/c15-12-7-3-2-6-11(12)14(18)16-13-8-4-1-5-10(13)9-17/h1-8,17H,9H2,(H,16,18). The summed E-state index contributed by atoms with van der Waals surface area (Å²) >= 11 is 0. The molecule has 1 amide bonds. The number of benzene rings is 2. The number of hydrogen-bond donors (Lipinski definition) is 2. The van der Waals surface area contributed by atoms with Crippen LogP contribution in [0.3, 0.4) is 0 Å². The first-order valence-electron chi connectivity index (χ1n) is 5.47. The highest BCUT2D eigenvalue weighted by atomic mass is 19.1. The van der Waals surface area contributed by atoms with Crippen LogP contribution in [0.15, 0.2) is 48.5 Å². The van der Waals surface area contributed by atoms with E-state index in [9.17, 15) is 9.18 Å². The summed E-state index contributed by atoms with van der Waals surface area (Å²) in [6.45, 7) is -0.187. The van der Waals surface area contributed by atoms with Gasteiger partial charge in [0.1, 0.15) is 5.82 Å². The number of halogens is 1.